The van der Waals surface area contributed by atoms with E-state index in [1.807, 2.05) is 12.1 Å². The number of ether oxygens (including phenoxy) is 1. The Kier molecular flexibility index (Phi) is 8.38. The number of benzene rings is 1. The number of likely N-dealkylation sites (tertiary alicyclic amines) is 1. The Balaban J connectivity index is 1.13. The molecule has 2 aliphatic heterocycles. The Morgan fingerprint density at radius 2 is 1.98 bits per heavy atom. The van der Waals surface area contributed by atoms with Gasteiger partial charge in [-0.2, -0.15) is 0 Å². The number of morpholine rings is 1. The molecule has 4 aromatic rings. The highest BCUT2D eigenvalue weighted by Crippen LogP contribution is 2.31. The molecule has 6 rings (SSSR count). The van der Waals surface area contributed by atoms with E-state index in [0.717, 1.165) is 49.2 Å². The third-order valence-corrected chi connectivity index (χ3v) is 7.73. The van der Waals surface area contributed by atoms with Gasteiger partial charge in [-0.15, -0.1) is 0 Å². The minimum atomic E-state index is -0.491. The normalized spacial score (nSPS) is 17.5. The fourth-order valence-electron chi connectivity index (χ4n) is 5.64. The summed E-state index contributed by atoms with van der Waals surface area (Å²) in [4.78, 5) is 45.3. The average Bonchev–Trinajstić information content (AvgIpc) is 3.46. The molecule has 1 aromatic carbocycles. The molecule has 2 amide bonds. The molecule has 5 heterocycles. The van der Waals surface area contributed by atoms with E-state index in [4.69, 9.17) is 4.74 Å². The minimum Gasteiger partial charge on any atom is -0.378 e. The molecule has 11 nitrogen and oxygen atoms in total. The van der Waals surface area contributed by atoms with E-state index in [1.54, 1.807) is 24.4 Å². The maximum atomic E-state index is 15.3. The van der Waals surface area contributed by atoms with Crippen LogP contribution in [0.4, 0.5) is 15.9 Å². The van der Waals surface area contributed by atoms with Crippen molar-refractivity contribution in [2.24, 2.45) is 0 Å². The molecular weight excluding hydrogens is 551 g/mol. The van der Waals surface area contributed by atoms with E-state index in [2.05, 4.69) is 46.9 Å². The number of anilines is 2. The van der Waals surface area contributed by atoms with Crippen molar-refractivity contribution in [3.8, 4) is 11.3 Å². The van der Waals surface area contributed by atoms with E-state index in [9.17, 15) is 9.59 Å². The van der Waals surface area contributed by atoms with Crippen LogP contribution in [0.1, 0.15) is 28.9 Å². The maximum Gasteiger partial charge on any atom is 0.274 e. The number of halogens is 1. The number of pyridine rings is 1. The van der Waals surface area contributed by atoms with Crippen molar-refractivity contribution in [1.82, 2.24) is 30.2 Å². The number of aromatic nitrogens is 4. The molecule has 3 aromatic heterocycles. The van der Waals surface area contributed by atoms with Gasteiger partial charge in [0.2, 0.25) is 5.91 Å². The largest absolute Gasteiger partial charge is 0.378 e. The standard InChI is InChI=1S/C31H33FN8O3/c1-2-28(41)36-22-4-3-9-39(18-22)17-20-7-8-33-27(14-20)31(42)37-21-5-6-23(25(32)15-21)26-16-24-29(38-26)34-19-35-30(24)40-10-12-43-13-11-40/h2,5-8,14-16,19,22H,1,3-4,9-13,17-18H2,(H,36,41)(H,37,42)(H,34,35,38)/t22-/m1/s1. The van der Waals surface area contributed by atoms with E-state index in [0.29, 0.717) is 48.9 Å². The minimum absolute atomic E-state index is 0.0610. The molecule has 2 fully saturated rings. The molecule has 1 atom stereocenters. The second kappa shape index (κ2) is 12.7. The molecule has 0 unspecified atom stereocenters. The lowest BCUT2D eigenvalue weighted by molar-refractivity contribution is -0.117. The van der Waals surface area contributed by atoms with Crippen molar-refractivity contribution in [2.45, 2.75) is 25.4 Å². The zero-order chi connectivity index (χ0) is 29.8. The summed E-state index contributed by atoms with van der Waals surface area (Å²) in [5, 5.41) is 6.53. The van der Waals surface area contributed by atoms with Crippen molar-refractivity contribution >= 4 is 34.4 Å². The average molecular weight is 585 g/mol. The molecule has 12 heteroatoms. The number of hydrogen-bond acceptors (Lipinski definition) is 8. The fraction of sp³-hybridized carbons (Fsp3) is 0.323. The summed E-state index contributed by atoms with van der Waals surface area (Å²) in [6, 6.07) is 10.1. The van der Waals surface area contributed by atoms with Gasteiger partial charge in [0.05, 0.1) is 24.3 Å². The van der Waals surface area contributed by atoms with Crippen LogP contribution in [0.5, 0.6) is 0 Å². The van der Waals surface area contributed by atoms with Gasteiger partial charge in [-0.25, -0.2) is 14.4 Å². The van der Waals surface area contributed by atoms with Crippen molar-refractivity contribution in [1.29, 1.82) is 0 Å². The van der Waals surface area contributed by atoms with Crippen LogP contribution in [0.25, 0.3) is 22.3 Å². The lowest BCUT2D eigenvalue weighted by Crippen LogP contribution is -2.46. The number of hydrogen-bond donors (Lipinski definition) is 3. The topological polar surface area (TPSA) is 128 Å². The van der Waals surface area contributed by atoms with Crippen LogP contribution in [-0.2, 0) is 16.1 Å². The Bertz CT molecular complexity index is 1650. The molecule has 0 aliphatic carbocycles. The Morgan fingerprint density at radius 1 is 1.12 bits per heavy atom. The van der Waals surface area contributed by atoms with Gasteiger partial charge in [-0.3, -0.25) is 19.5 Å². The van der Waals surface area contributed by atoms with Crippen LogP contribution in [0.15, 0.2) is 61.6 Å². The van der Waals surface area contributed by atoms with E-state index < -0.39 is 11.7 Å². The molecule has 222 valence electrons. The Morgan fingerprint density at radius 3 is 2.79 bits per heavy atom. The molecule has 0 radical (unpaired) electrons. The number of piperidine rings is 1. The number of amides is 2. The van der Waals surface area contributed by atoms with E-state index in [-0.39, 0.29) is 17.6 Å². The first kappa shape index (κ1) is 28.4. The molecule has 2 saturated heterocycles. The molecule has 0 bridgehead atoms. The molecular formula is C31H33FN8O3. The third kappa shape index (κ3) is 6.55. The number of carbonyl (C=O) groups is 2. The summed E-state index contributed by atoms with van der Waals surface area (Å²) in [7, 11) is 0. The van der Waals surface area contributed by atoms with Crippen LogP contribution in [-0.4, -0.2) is 82.1 Å². The van der Waals surface area contributed by atoms with Gasteiger partial charge in [0.25, 0.3) is 5.91 Å². The zero-order valence-corrected chi connectivity index (χ0v) is 23.7. The molecule has 43 heavy (non-hydrogen) atoms. The van der Waals surface area contributed by atoms with Gasteiger partial charge in [0, 0.05) is 49.7 Å². The second-order valence-electron chi connectivity index (χ2n) is 10.7. The third-order valence-electron chi connectivity index (χ3n) is 7.73. The first-order valence-corrected chi connectivity index (χ1v) is 14.3. The molecule has 2 aliphatic rings. The van der Waals surface area contributed by atoms with Gasteiger partial charge in [0.1, 0.15) is 29.3 Å². The second-order valence-corrected chi connectivity index (χ2v) is 10.7. The highest BCUT2D eigenvalue weighted by Gasteiger charge is 2.22. The highest BCUT2D eigenvalue weighted by atomic mass is 19.1. The van der Waals surface area contributed by atoms with Gasteiger partial charge < -0.3 is 25.3 Å². The summed E-state index contributed by atoms with van der Waals surface area (Å²) >= 11 is 0. The van der Waals surface area contributed by atoms with Gasteiger partial charge >= 0.3 is 0 Å². The number of nitrogens with zero attached hydrogens (tertiary/aromatic N) is 5. The lowest BCUT2D eigenvalue weighted by atomic mass is 10.0. The SMILES string of the molecule is C=CC(=O)N[C@@H]1CCCN(Cc2ccnc(C(=O)Nc3ccc(-c4cc5c(N6CCOCC6)ncnc5[nH]4)c(F)c3)c2)C1. The van der Waals surface area contributed by atoms with Crippen LogP contribution in [0, 0.1) is 5.82 Å². The van der Waals surface area contributed by atoms with Crippen molar-refractivity contribution < 1.29 is 18.7 Å². The zero-order valence-electron chi connectivity index (χ0n) is 23.7. The summed E-state index contributed by atoms with van der Waals surface area (Å²) in [6.45, 7) is 8.45. The molecule has 0 spiro atoms. The smallest absolute Gasteiger partial charge is 0.274 e. The number of H-pyrrole nitrogens is 1. The van der Waals surface area contributed by atoms with Crippen molar-refractivity contribution in [2.75, 3.05) is 49.6 Å². The predicted molar refractivity (Wildman–Crippen MR) is 161 cm³/mol. The Labute approximate surface area is 248 Å². The molecule has 0 saturated carbocycles. The van der Waals surface area contributed by atoms with E-state index >= 15 is 4.39 Å². The molecule has 3 N–H and O–H groups in total. The lowest BCUT2D eigenvalue weighted by Gasteiger charge is -2.33. The van der Waals surface area contributed by atoms with E-state index in [1.165, 1.54) is 18.5 Å². The highest BCUT2D eigenvalue weighted by molar-refractivity contribution is 6.03. The number of aromatic amines is 1. The Hall–Kier alpha value is -4.68. The van der Waals surface area contributed by atoms with Crippen LogP contribution >= 0.6 is 0 Å². The summed E-state index contributed by atoms with van der Waals surface area (Å²) < 4.78 is 20.8. The van der Waals surface area contributed by atoms with Gasteiger partial charge in [-0.1, -0.05) is 6.58 Å². The number of fused-ring (bicyclic) bond motifs is 1. The summed E-state index contributed by atoms with van der Waals surface area (Å²) in [5.41, 5.74) is 3.03. The number of nitrogens with one attached hydrogen (secondary N) is 3. The van der Waals surface area contributed by atoms with Crippen LogP contribution in [0.3, 0.4) is 0 Å². The van der Waals surface area contributed by atoms with Crippen LogP contribution < -0.4 is 15.5 Å². The quantitative estimate of drug-likeness (QED) is 0.269. The number of carbonyl (C=O) groups excluding carboxylic acids is 2. The van der Waals surface area contributed by atoms with Gasteiger partial charge in [0.15, 0.2) is 0 Å². The van der Waals surface area contributed by atoms with Crippen molar-refractivity contribution in [3.05, 3.63) is 78.7 Å². The van der Waals surface area contributed by atoms with Gasteiger partial charge in [-0.05, 0) is 67.4 Å². The predicted octanol–water partition coefficient (Wildman–Crippen LogP) is 3.51. The van der Waals surface area contributed by atoms with Crippen LogP contribution in [0.2, 0.25) is 0 Å². The monoisotopic (exact) mass is 584 g/mol. The summed E-state index contributed by atoms with van der Waals surface area (Å²) in [5.74, 6) is -0.308. The maximum absolute atomic E-state index is 15.3. The van der Waals surface area contributed by atoms with Crippen molar-refractivity contribution in [3.63, 3.8) is 0 Å². The summed E-state index contributed by atoms with van der Waals surface area (Å²) in [6.07, 6.45) is 6.25. The number of rotatable bonds is 8. The fourth-order valence-corrected chi connectivity index (χ4v) is 5.64. The first-order chi connectivity index (χ1) is 21.0. The first-order valence-electron chi connectivity index (χ1n) is 14.3.